The molecule has 0 aromatic heterocycles. The number of aliphatic hydroxyl groups is 2. The van der Waals surface area contributed by atoms with Crippen LogP contribution in [0.1, 0.15) is 43.9 Å². The molecule has 0 saturated carbocycles. The van der Waals surface area contributed by atoms with Gasteiger partial charge >= 0.3 is 0 Å². The number of nitrogens with one attached hydrogen (secondary N) is 1. The maximum absolute atomic E-state index is 14.2. The number of aryl methyl sites for hydroxylation is 1. The Labute approximate surface area is 240 Å². The number of amides is 2. The van der Waals surface area contributed by atoms with Gasteiger partial charge in [-0.1, -0.05) is 48.9 Å². The molecule has 2 aromatic carbocycles. The van der Waals surface area contributed by atoms with Gasteiger partial charge in [-0.25, -0.2) is 8.78 Å². The first-order valence-corrected chi connectivity index (χ1v) is 14.0. The standard InChI is InChI=1S/C32H41F2N3O4/c1-4-22-7-6-8-23(12-22)19-36-20-29(39)28(15-24-13-26(33)16-27(34)14-24)32(31(35)41)17-21(3)11-25(18-32)30(40)37(5-2)9-10-38/h6-8,11-14,16-17,28-29,36,38-39H,4-5,9-10,15,18-20H2,1-3H3,(H2,35,41)/t28-,29+,32?/m1/s1. The molecule has 0 fully saturated rings. The Balaban J connectivity index is 1.97. The average Bonchev–Trinajstić information content (AvgIpc) is 2.93. The minimum Gasteiger partial charge on any atom is -0.395 e. The highest BCUT2D eigenvalue weighted by atomic mass is 19.1. The van der Waals surface area contributed by atoms with Crippen molar-refractivity contribution in [3.63, 3.8) is 0 Å². The number of primary amides is 1. The highest BCUT2D eigenvalue weighted by Crippen LogP contribution is 2.44. The van der Waals surface area contributed by atoms with Gasteiger partial charge in [-0.2, -0.15) is 0 Å². The molecule has 9 heteroatoms. The third-order valence-electron chi connectivity index (χ3n) is 7.73. The molecular weight excluding hydrogens is 528 g/mol. The Morgan fingerprint density at radius 1 is 1.10 bits per heavy atom. The molecule has 222 valence electrons. The molecule has 41 heavy (non-hydrogen) atoms. The van der Waals surface area contributed by atoms with E-state index in [2.05, 4.69) is 18.3 Å². The summed E-state index contributed by atoms with van der Waals surface area (Å²) in [6.45, 7) is 6.36. The van der Waals surface area contributed by atoms with E-state index in [0.29, 0.717) is 24.2 Å². The molecular formula is C32H41F2N3O4. The minimum atomic E-state index is -1.52. The zero-order valence-corrected chi connectivity index (χ0v) is 24.0. The largest absolute Gasteiger partial charge is 0.395 e. The fourth-order valence-electron chi connectivity index (χ4n) is 5.69. The number of nitrogens with zero attached hydrogens (tertiary/aromatic N) is 1. The number of aliphatic hydroxyl groups excluding tert-OH is 2. The number of carbonyl (C=O) groups excluding carboxylic acids is 2. The molecule has 0 aliphatic heterocycles. The van der Waals surface area contributed by atoms with Crippen LogP contribution in [0.5, 0.6) is 0 Å². The second kappa shape index (κ2) is 14.5. The molecule has 0 bridgehead atoms. The Morgan fingerprint density at radius 3 is 2.39 bits per heavy atom. The van der Waals surface area contributed by atoms with Gasteiger partial charge in [0.2, 0.25) is 11.8 Å². The Morgan fingerprint density at radius 2 is 1.78 bits per heavy atom. The number of nitrogens with two attached hydrogens (primary N) is 1. The molecule has 0 saturated heterocycles. The van der Waals surface area contributed by atoms with E-state index in [9.17, 15) is 28.6 Å². The maximum Gasteiger partial charge on any atom is 0.249 e. The van der Waals surface area contributed by atoms with Crippen LogP contribution < -0.4 is 11.1 Å². The highest BCUT2D eigenvalue weighted by molar-refractivity contribution is 5.96. The Hall–Kier alpha value is -3.40. The van der Waals surface area contributed by atoms with Gasteiger partial charge in [-0.3, -0.25) is 9.59 Å². The lowest BCUT2D eigenvalue weighted by molar-refractivity contribution is -0.132. The SMILES string of the molecule is CCc1cccc(CNC[C@H](O)[C@@H](Cc2cc(F)cc(F)c2)C2(C(N)=O)C=C(C)C=C(C(=O)N(CC)CCO)C2)c1. The lowest BCUT2D eigenvalue weighted by Crippen LogP contribution is -2.51. The van der Waals surface area contributed by atoms with E-state index in [-0.39, 0.29) is 44.0 Å². The zero-order valence-electron chi connectivity index (χ0n) is 24.0. The average molecular weight is 570 g/mol. The van der Waals surface area contributed by atoms with E-state index >= 15 is 0 Å². The minimum absolute atomic E-state index is 0.0643. The van der Waals surface area contributed by atoms with Crippen LogP contribution in [0.4, 0.5) is 8.78 Å². The van der Waals surface area contributed by atoms with Gasteiger partial charge in [0.1, 0.15) is 11.6 Å². The van der Waals surface area contributed by atoms with Crippen LogP contribution in [0.2, 0.25) is 0 Å². The summed E-state index contributed by atoms with van der Waals surface area (Å²) in [6.07, 6.45) is 2.89. The fourth-order valence-corrected chi connectivity index (χ4v) is 5.69. The predicted molar refractivity (Wildman–Crippen MR) is 155 cm³/mol. The van der Waals surface area contributed by atoms with Crippen molar-refractivity contribution < 1.29 is 28.6 Å². The van der Waals surface area contributed by atoms with Crippen molar-refractivity contribution in [1.29, 1.82) is 0 Å². The van der Waals surface area contributed by atoms with Crippen LogP contribution in [0.15, 0.2) is 65.8 Å². The van der Waals surface area contributed by atoms with Crippen LogP contribution in [0, 0.1) is 23.0 Å². The normalized spacial score (nSPS) is 18.3. The molecule has 3 atom stereocenters. The smallest absolute Gasteiger partial charge is 0.249 e. The monoisotopic (exact) mass is 569 g/mol. The number of hydrogen-bond donors (Lipinski definition) is 4. The summed E-state index contributed by atoms with van der Waals surface area (Å²) >= 11 is 0. The van der Waals surface area contributed by atoms with E-state index in [0.717, 1.165) is 18.1 Å². The zero-order chi connectivity index (χ0) is 30.2. The van der Waals surface area contributed by atoms with Crippen molar-refractivity contribution >= 4 is 11.8 Å². The van der Waals surface area contributed by atoms with Gasteiger partial charge < -0.3 is 26.2 Å². The molecule has 5 N–H and O–H groups in total. The predicted octanol–water partition coefficient (Wildman–Crippen LogP) is 3.43. The van der Waals surface area contributed by atoms with Crippen molar-refractivity contribution in [2.75, 3.05) is 26.2 Å². The lowest BCUT2D eigenvalue weighted by Gasteiger charge is -2.42. The second-order valence-corrected chi connectivity index (χ2v) is 10.7. The molecule has 1 unspecified atom stereocenters. The van der Waals surface area contributed by atoms with Crippen molar-refractivity contribution in [2.24, 2.45) is 17.1 Å². The first kappa shape index (κ1) is 32.1. The highest BCUT2D eigenvalue weighted by Gasteiger charge is 2.48. The number of benzene rings is 2. The van der Waals surface area contributed by atoms with E-state index in [1.54, 1.807) is 26.0 Å². The Kier molecular flexibility index (Phi) is 11.3. The summed E-state index contributed by atoms with van der Waals surface area (Å²) in [6, 6.07) is 11.1. The van der Waals surface area contributed by atoms with Gasteiger partial charge in [0, 0.05) is 43.7 Å². The van der Waals surface area contributed by atoms with Crippen molar-refractivity contribution in [3.8, 4) is 0 Å². The third-order valence-corrected chi connectivity index (χ3v) is 7.73. The number of allylic oxidation sites excluding steroid dienone is 2. The molecule has 7 nitrogen and oxygen atoms in total. The molecule has 0 radical (unpaired) electrons. The van der Waals surface area contributed by atoms with Crippen molar-refractivity contribution in [2.45, 2.75) is 52.7 Å². The van der Waals surface area contributed by atoms with E-state index in [1.807, 2.05) is 18.2 Å². The Bertz CT molecular complexity index is 1280. The van der Waals surface area contributed by atoms with E-state index in [1.165, 1.54) is 22.6 Å². The van der Waals surface area contributed by atoms with Crippen LogP contribution in [-0.2, 0) is 29.0 Å². The summed E-state index contributed by atoms with van der Waals surface area (Å²) in [5.41, 5.74) is 7.90. The summed E-state index contributed by atoms with van der Waals surface area (Å²) < 4.78 is 28.3. The summed E-state index contributed by atoms with van der Waals surface area (Å²) in [5.74, 6) is -3.57. The van der Waals surface area contributed by atoms with Gasteiger partial charge in [-0.05, 0) is 61.9 Å². The topological polar surface area (TPSA) is 116 Å². The second-order valence-electron chi connectivity index (χ2n) is 10.7. The molecule has 0 spiro atoms. The lowest BCUT2D eigenvalue weighted by atomic mass is 9.63. The molecule has 2 aromatic rings. The van der Waals surface area contributed by atoms with Crippen LogP contribution in [0.25, 0.3) is 0 Å². The van der Waals surface area contributed by atoms with Crippen molar-refractivity contribution in [1.82, 2.24) is 10.2 Å². The molecule has 3 rings (SSSR count). The quantitative estimate of drug-likeness (QED) is 0.278. The molecule has 1 aliphatic rings. The van der Waals surface area contributed by atoms with Crippen LogP contribution in [0.3, 0.4) is 0 Å². The summed E-state index contributed by atoms with van der Waals surface area (Å²) in [4.78, 5) is 28.2. The number of carbonyl (C=O) groups is 2. The number of halogens is 2. The molecule has 0 heterocycles. The maximum atomic E-state index is 14.2. The molecule has 1 aliphatic carbocycles. The number of likely N-dealkylation sites (N-methyl/N-ethyl adjacent to an activating group) is 1. The number of hydrogen-bond acceptors (Lipinski definition) is 5. The van der Waals surface area contributed by atoms with Crippen LogP contribution >= 0.6 is 0 Å². The third kappa shape index (κ3) is 8.09. The van der Waals surface area contributed by atoms with Gasteiger partial charge in [-0.15, -0.1) is 0 Å². The first-order valence-electron chi connectivity index (χ1n) is 14.0. The van der Waals surface area contributed by atoms with Gasteiger partial charge in [0.15, 0.2) is 0 Å². The van der Waals surface area contributed by atoms with E-state index in [4.69, 9.17) is 5.73 Å². The van der Waals surface area contributed by atoms with Crippen molar-refractivity contribution in [3.05, 3.63) is 94.1 Å². The van der Waals surface area contributed by atoms with E-state index < -0.39 is 35.0 Å². The molecule has 2 amide bonds. The van der Waals surface area contributed by atoms with Gasteiger partial charge in [0.25, 0.3) is 0 Å². The van der Waals surface area contributed by atoms with Crippen LogP contribution in [-0.4, -0.2) is 59.3 Å². The first-order chi connectivity index (χ1) is 19.5. The summed E-state index contributed by atoms with van der Waals surface area (Å²) in [7, 11) is 0. The summed E-state index contributed by atoms with van der Waals surface area (Å²) in [5, 5.41) is 24.2. The number of rotatable bonds is 14. The fraction of sp³-hybridized carbons (Fsp3) is 0.438. The van der Waals surface area contributed by atoms with Gasteiger partial charge in [0.05, 0.1) is 18.1 Å².